The van der Waals surface area contributed by atoms with Crippen LogP contribution in [0.15, 0.2) is 0 Å². The normalized spacial score (nSPS) is 20.9. The van der Waals surface area contributed by atoms with Crippen LogP contribution in [-0.4, -0.2) is 52.6 Å². The smallest absolute Gasteiger partial charge is 0.237 e. The first-order valence-electron chi connectivity index (χ1n) is 10.4. The maximum Gasteiger partial charge on any atom is 0.237 e. The van der Waals surface area contributed by atoms with Crippen LogP contribution in [0.1, 0.15) is 62.9 Å². The summed E-state index contributed by atoms with van der Waals surface area (Å²) >= 11 is 0. The Balaban J connectivity index is 1.54. The van der Waals surface area contributed by atoms with Gasteiger partial charge in [-0.3, -0.25) is 19.6 Å². The van der Waals surface area contributed by atoms with Crippen molar-refractivity contribution in [2.45, 2.75) is 71.4 Å². The minimum Gasteiger partial charge on any atom is -0.353 e. The standard InChI is InChI=1S/C20H33N5O2/c1-14(2)8-10-25-11-9-21-20(27)18(25)12-19(26)22-13-17-15-6-4-3-5-7-16(15)23-24-17/h14,18H,3-13H2,1-2H3,(H,21,27)(H,22,26)(H,23,24). The van der Waals surface area contributed by atoms with Crippen LogP contribution in [0.4, 0.5) is 0 Å². The lowest BCUT2D eigenvalue weighted by Crippen LogP contribution is -2.56. The van der Waals surface area contributed by atoms with E-state index in [9.17, 15) is 9.59 Å². The van der Waals surface area contributed by atoms with Crippen LogP contribution in [0, 0.1) is 5.92 Å². The summed E-state index contributed by atoms with van der Waals surface area (Å²) in [6, 6.07) is -0.367. The van der Waals surface area contributed by atoms with Crippen molar-refractivity contribution in [2.24, 2.45) is 5.92 Å². The van der Waals surface area contributed by atoms with Gasteiger partial charge in [0.15, 0.2) is 0 Å². The fourth-order valence-electron chi connectivity index (χ4n) is 3.98. The number of hydrogen-bond donors (Lipinski definition) is 3. The van der Waals surface area contributed by atoms with E-state index >= 15 is 0 Å². The lowest BCUT2D eigenvalue weighted by Gasteiger charge is -2.35. The van der Waals surface area contributed by atoms with Gasteiger partial charge in [-0.1, -0.05) is 20.3 Å². The van der Waals surface area contributed by atoms with Gasteiger partial charge in [-0.2, -0.15) is 5.10 Å². The number of rotatable bonds is 7. The lowest BCUT2D eigenvalue weighted by atomic mass is 10.0. The molecule has 1 aromatic heterocycles. The molecule has 2 aliphatic rings. The van der Waals surface area contributed by atoms with Gasteiger partial charge in [0.2, 0.25) is 11.8 Å². The van der Waals surface area contributed by atoms with Crippen LogP contribution in [0.5, 0.6) is 0 Å². The third kappa shape index (κ3) is 5.31. The highest BCUT2D eigenvalue weighted by molar-refractivity contribution is 5.88. The van der Waals surface area contributed by atoms with E-state index < -0.39 is 0 Å². The molecule has 1 aliphatic heterocycles. The van der Waals surface area contributed by atoms with Gasteiger partial charge >= 0.3 is 0 Å². The molecule has 1 atom stereocenters. The molecule has 1 aromatic rings. The molecule has 0 bridgehead atoms. The Hall–Kier alpha value is -1.89. The number of amides is 2. The second-order valence-corrected chi connectivity index (χ2v) is 8.19. The predicted octanol–water partition coefficient (Wildman–Crippen LogP) is 1.53. The fourth-order valence-corrected chi connectivity index (χ4v) is 3.98. The summed E-state index contributed by atoms with van der Waals surface area (Å²) < 4.78 is 0. The van der Waals surface area contributed by atoms with Gasteiger partial charge < -0.3 is 10.6 Å². The Morgan fingerprint density at radius 3 is 2.93 bits per heavy atom. The minimum atomic E-state index is -0.367. The van der Waals surface area contributed by atoms with Crippen molar-refractivity contribution in [2.75, 3.05) is 19.6 Å². The van der Waals surface area contributed by atoms with Crippen LogP contribution in [0.3, 0.4) is 0 Å². The topological polar surface area (TPSA) is 90.1 Å². The van der Waals surface area contributed by atoms with Gasteiger partial charge in [-0.15, -0.1) is 0 Å². The van der Waals surface area contributed by atoms with Crippen molar-refractivity contribution < 1.29 is 9.59 Å². The summed E-state index contributed by atoms with van der Waals surface area (Å²) in [5.41, 5.74) is 3.45. The van der Waals surface area contributed by atoms with Crippen molar-refractivity contribution >= 4 is 11.8 Å². The SMILES string of the molecule is CC(C)CCN1CCNC(=O)C1CC(=O)NCc1n[nH]c2c1CCCCC2. The Bertz CT molecular complexity index is 655. The first-order valence-corrected chi connectivity index (χ1v) is 10.4. The molecule has 0 radical (unpaired) electrons. The Labute approximate surface area is 161 Å². The second-order valence-electron chi connectivity index (χ2n) is 8.19. The number of aromatic nitrogens is 2. The third-order valence-electron chi connectivity index (χ3n) is 5.66. The molecular weight excluding hydrogens is 342 g/mol. The van der Waals surface area contributed by atoms with E-state index in [1.807, 2.05) is 0 Å². The molecule has 0 saturated carbocycles. The molecule has 2 heterocycles. The molecule has 7 nitrogen and oxygen atoms in total. The Morgan fingerprint density at radius 1 is 1.30 bits per heavy atom. The van der Waals surface area contributed by atoms with E-state index in [2.05, 4.69) is 39.6 Å². The lowest BCUT2D eigenvalue weighted by molar-refractivity contribution is -0.134. The number of aromatic amines is 1. The predicted molar refractivity (Wildman–Crippen MR) is 104 cm³/mol. The Kier molecular flexibility index (Phi) is 6.88. The Morgan fingerprint density at radius 2 is 2.11 bits per heavy atom. The van der Waals surface area contributed by atoms with E-state index in [1.54, 1.807) is 0 Å². The van der Waals surface area contributed by atoms with Crippen LogP contribution in [0.2, 0.25) is 0 Å². The molecule has 0 aromatic carbocycles. The first kappa shape index (κ1) is 19.9. The zero-order chi connectivity index (χ0) is 19.2. The van der Waals surface area contributed by atoms with Crippen LogP contribution in [-0.2, 0) is 29.0 Å². The summed E-state index contributed by atoms with van der Waals surface area (Å²) in [6.45, 7) is 7.12. The largest absolute Gasteiger partial charge is 0.353 e. The van der Waals surface area contributed by atoms with Gasteiger partial charge in [0, 0.05) is 18.8 Å². The molecule has 7 heteroatoms. The molecule has 1 unspecified atom stereocenters. The number of nitrogens with zero attached hydrogens (tertiary/aromatic N) is 2. The van der Waals surface area contributed by atoms with E-state index in [1.165, 1.54) is 30.5 Å². The molecular formula is C20H33N5O2. The highest BCUT2D eigenvalue weighted by Crippen LogP contribution is 2.21. The monoisotopic (exact) mass is 375 g/mol. The highest BCUT2D eigenvalue weighted by Gasteiger charge is 2.31. The van der Waals surface area contributed by atoms with Crippen LogP contribution >= 0.6 is 0 Å². The minimum absolute atomic E-state index is 0.0335. The average Bonchev–Trinajstić information content (AvgIpc) is 2.86. The molecule has 2 amide bonds. The van der Waals surface area contributed by atoms with Gasteiger partial charge in [0.05, 0.1) is 24.7 Å². The number of aryl methyl sites for hydroxylation is 1. The van der Waals surface area contributed by atoms with Crippen LogP contribution < -0.4 is 10.6 Å². The summed E-state index contributed by atoms with van der Waals surface area (Å²) in [7, 11) is 0. The second kappa shape index (κ2) is 9.35. The number of nitrogens with one attached hydrogen (secondary N) is 3. The number of H-pyrrole nitrogens is 1. The van der Waals surface area contributed by atoms with Gasteiger partial charge in [-0.25, -0.2) is 0 Å². The number of fused-ring (bicyclic) bond motifs is 1. The van der Waals surface area contributed by atoms with E-state index in [0.717, 1.165) is 38.0 Å². The molecule has 1 fully saturated rings. The maximum atomic E-state index is 12.5. The van der Waals surface area contributed by atoms with Crippen molar-refractivity contribution in [3.8, 4) is 0 Å². The van der Waals surface area contributed by atoms with Gasteiger partial charge in [-0.05, 0) is 50.1 Å². The molecule has 3 rings (SSSR count). The van der Waals surface area contributed by atoms with Gasteiger partial charge in [0.25, 0.3) is 0 Å². The summed E-state index contributed by atoms with van der Waals surface area (Å²) in [6.07, 6.45) is 6.94. The molecule has 0 spiro atoms. The number of carbonyl (C=O) groups excluding carboxylic acids is 2. The average molecular weight is 376 g/mol. The summed E-state index contributed by atoms with van der Waals surface area (Å²) in [5.74, 6) is 0.463. The molecule has 150 valence electrons. The maximum absolute atomic E-state index is 12.5. The van der Waals surface area contributed by atoms with E-state index in [0.29, 0.717) is 19.0 Å². The number of piperazine rings is 1. The molecule has 27 heavy (non-hydrogen) atoms. The quantitative estimate of drug-likeness (QED) is 0.631. The first-order chi connectivity index (χ1) is 13.0. The van der Waals surface area contributed by atoms with Crippen molar-refractivity contribution in [3.63, 3.8) is 0 Å². The van der Waals surface area contributed by atoms with E-state index in [4.69, 9.17) is 0 Å². The van der Waals surface area contributed by atoms with Crippen molar-refractivity contribution in [1.82, 2.24) is 25.7 Å². The van der Waals surface area contributed by atoms with E-state index in [-0.39, 0.29) is 24.3 Å². The molecule has 1 saturated heterocycles. The summed E-state index contributed by atoms with van der Waals surface area (Å²) in [4.78, 5) is 27.0. The van der Waals surface area contributed by atoms with Crippen molar-refractivity contribution in [1.29, 1.82) is 0 Å². The number of hydrogen-bond acceptors (Lipinski definition) is 4. The zero-order valence-corrected chi connectivity index (χ0v) is 16.6. The van der Waals surface area contributed by atoms with Crippen molar-refractivity contribution in [3.05, 3.63) is 17.0 Å². The van der Waals surface area contributed by atoms with Crippen LogP contribution in [0.25, 0.3) is 0 Å². The summed E-state index contributed by atoms with van der Waals surface area (Å²) in [5, 5.41) is 13.4. The third-order valence-corrected chi connectivity index (χ3v) is 5.66. The highest BCUT2D eigenvalue weighted by atomic mass is 16.2. The van der Waals surface area contributed by atoms with Gasteiger partial charge in [0.1, 0.15) is 0 Å². The molecule has 3 N–H and O–H groups in total. The fraction of sp³-hybridized carbons (Fsp3) is 0.750. The number of carbonyl (C=O) groups is 2. The zero-order valence-electron chi connectivity index (χ0n) is 16.6. The molecule has 1 aliphatic carbocycles.